The lowest BCUT2D eigenvalue weighted by molar-refractivity contribution is -0.159. The molecule has 2 saturated heterocycles. The number of pyridine rings is 2. The van der Waals surface area contributed by atoms with E-state index in [1.165, 1.54) is 9.80 Å². The lowest BCUT2D eigenvalue weighted by Crippen LogP contribution is -2.57. The highest BCUT2D eigenvalue weighted by atomic mass is 32.2. The zero-order chi connectivity index (χ0) is 81.9. The van der Waals surface area contributed by atoms with E-state index < -0.39 is 134 Å². The minimum atomic E-state index is -4.00. The predicted octanol–water partition coefficient (Wildman–Crippen LogP) is 8.85. The second-order valence-corrected chi connectivity index (χ2v) is 40.2. The van der Waals surface area contributed by atoms with Gasteiger partial charge in [0.2, 0.25) is 43.7 Å². The van der Waals surface area contributed by atoms with Crippen molar-refractivity contribution in [2.75, 3.05) is 32.9 Å². The Kier molecular flexibility index (Phi) is 23.1. The van der Waals surface area contributed by atoms with Crippen LogP contribution in [0, 0.1) is 37.5 Å². The molecule has 14 rings (SSSR count). The largest absolute Gasteiger partial charge is 0.491 e. The number of nitrogens with zero attached hydrogens (tertiary/aromatic N) is 4. The van der Waals surface area contributed by atoms with Crippen molar-refractivity contribution in [2.24, 2.45) is 23.7 Å². The standard InChI is InChI=1S/C42H56N4O10S.C42H54N4O10S/c2*1-26-35-30(31-22-29(54-20-19-47)13-14-32(31)43-26)15-16-41(56-35)24-33-36(49)44-42(38(51)45-57(52,53)40(5)17-18-40)23-28(42)12-10-8-6-7-9-11-27(37(50)46(33)25-41)21-34(48)55-39(2,3)4/h10,12-14,22,27-28,33,47H,6-9,11,15-21,23-25H2,1-5H3,(H,44,49)(H,45,51);10,12-14,19,22,27-28,33H,6-9,11,15-18,20-21,23-25H2,1-5H3,(H,44,49)(H,45,51)/b2*12-10-/t2*27-,28-,33+,41-,42-/m11/s1. The summed E-state index contributed by atoms with van der Waals surface area (Å²) in [4.78, 5) is 137. The molecule has 6 fully saturated rings. The van der Waals surface area contributed by atoms with Gasteiger partial charge >= 0.3 is 11.9 Å². The number of allylic oxidation sites excluding steroid dienone is 2. The number of rotatable bonds is 16. The van der Waals surface area contributed by atoms with E-state index in [4.69, 9.17) is 38.4 Å². The Balaban J connectivity index is 0.000000199. The lowest BCUT2D eigenvalue weighted by atomic mass is 9.87. The number of carbonyl (C=O) groups excluding carboxylic acids is 9. The molecular weight excluding hydrogens is 1510 g/mol. The number of fused-ring (bicyclic) bond motifs is 10. The first-order valence-corrected chi connectivity index (χ1v) is 43.4. The normalized spacial score (nSPS) is 29.0. The molecule has 4 aliphatic carbocycles. The van der Waals surface area contributed by atoms with Crippen molar-refractivity contribution in [3.63, 3.8) is 0 Å². The molecule has 2 spiro atoms. The maximum atomic E-state index is 14.8. The molecule has 0 unspecified atom stereocenters. The van der Waals surface area contributed by atoms with E-state index in [0.717, 1.165) is 58.6 Å². The summed E-state index contributed by atoms with van der Waals surface area (Å²) >= 11 is 0. The van der Waals surface area contributed by atoms with Crippen LogP contribution in [0.2, 0.25) is 0 Å². The molecule has 8 heterocycles. The Bertz CT molecular complexity index is 4810. The quantitative estimate of drug-likeness (QED) is 0.0397. The van der Waals surface area contributed by atoms with Crippen LogP contribution in [0.15, 0.2) is 60.7 Å². The number of ether oxygens (including phenoxy) is 6. The molecule has 0 radical (unpaired) electrons. The van der Waals surface area contributed by atoms with Crippen molar-refractivity contribution in [3.05, 3.63) is 83.2 Å². The zero-order valence-electron chi connectivity index (χ0n) is 67.1. The van der Waals surface area contributed by atoms with Crippen LogP contribution in [-0.4, -0.2) is 183 Å². The molecule has 114 heavy (non-hydrogen) atoms. The van der Waals surface area contributed by atoms with Gasteiger partial charge in [-0.25, -0.2) is 26.8 Å². The molecule has 2 aromatic heterocycles. The van der Waals surface area contributed by atoms with Gasteiger partial charge < -0.3 is 54.0 Å². The molecule has 10 aliphatic rings. The van der Waals surface area contributed by atoms with E-state index >= 15 is 0 Å². The maximum Gasteiger partial charge on any atom is 0.307 e. The molecule has 10 atom stereocenters. The first kappa shape index (κ1) is 83.2. The summed E-state index contributed by atoms with van der Waals surface area (Å²) in [6.45, 7) is 17.5. The van der Waals surface area contributed by atoms with Crippen LogP contribution < -0.4 is 39.0 Å². The van der Waals surface area contributed by atoms with Crippen LogP contribution in [0.25, 0.3) is 21.8 Å². The van der Waals surface area contributed by atoms with Gasteiger partial charge in [-0.3, -0.25) is 52.6 Å². The molecular formula is C84H110N8O20S2. The third-order valence-electron chi connectivity index (χ3n) is 24.5. The first-order chi connectivity index (χ1) is 53.8. The molecule has 5 N–H and O–H groups in total. The Hall–Kier alpha value is -8.77. The van der Waals surface area contributed by atoms with Crippen LogP contribution >= 0.6 is 0 Å². The highest BCUT2D eigenvalue weighted by Gasteiger charge is 2.66. The molecule has 30 heteroatoms. The van der Waals surface area contributed by atoms with E-state index in [1.807, 2.05) is 62.4 Å². The van der Waals surface area contributed by atoms with E-state index in [0.29, 0.717) is 131 Å². The monoisotopic (exact) mass is 1610 g/mol. The van der Waals surface area contributed by atoms with Crippen molar-refractivity contribution < 1.29 is 93.5 Å². The number of benzene rings is 2. The van der Waals surface area contributed by atoms with Gasteiger partial charge in [0.15, 0.2) is 6.29 Å². The number of hydrogen-bond acceptors (Lipinski definition) is 22. The van der Waals surface area contributed by atoms with Gasteiger partial charge in [0.25, 0.3) is 11.8 Å². The zero-order valence-corrected chi connectivity index (χ0v) is 68.8. The van der Waals surface area contributed by atoms with Crippen molar-refractivity contribution in [1.82, 2.24) is 39.8 Å². The fourth-order valence-corrected chi connectivity index (χ4v) is 19.9. The Morgan fingerprint density at radius 3 is 1.39 bits per heavy atom. The smallest absolute Gasteiger partial charge is 0.307 e. The Labute approximate surface area is 666 Å². The number of aryl methyl sites for hydroxylation is 4. The molecule has 0 bridgehead atoms. The highest BCUT2D eigenvalue weighted by molar-refractivity contribution is 7.92. The third kappa shape index (κ3) is 17.7. The molecule has 618 valence electrons. The fraction of sp³-hybridized carbons (Fsp3) is 0.631. The van der Waals surface area contributed by atoms with E-state index in [2.05, 4.69) is 20.1 Å². The number of aldehydes is 1. The number of nitrogens with one attached hydrogen (secondary N) is 4. The molecule has 4 aromatic rings. The molecule has 2 aromatic carbocycles. The summed E-state index contributed by atoms with van der Waals surface area (Å²) in [6, 6.07) is 8.79. The summed E-state index contributed by atoms with van der Waals surface area (Å²) < 4.78 is 91.8. The number of esters is 2. The van der Waals surface area contributed by atoms with Gasteiger partial charge in [0.1, 0.15) is 81.8 Å². The minimum absolute atomic E-state index is 0.0450. The number of aliphatic hydroxyl groups excluding tert-OH is 1. The van der Waals surface area contributed by atoms with Crippen molar-refractivity contribution in [1.29, 1.82) is 0 Å². The average molecular weight is 1620 g/mol. The van der Waals surface area contributed by atoms with Gasteiger partial charge in [-0.1, -0.05) is 50.0 Å². The summed E-state index contributed by atoms with van der Waals surface area (Å²) in [5.41, 5.74) is -1.95. The van der Waals surface area contributed by atoms with E-state index in [-0.39, 0.29) is 83.2 Å². The molecule has 6 aliphatic heterocycles. The molecule has 4 saturated carbocycles. The van der Waals surface area contributed by atoms with Crippen LogP contribution in [0.4, 0.5) is 0 Å². The van der Waals surface area contributed by atoms with Crippen molar-refractivity contribution in [3.8, 4) is 23.0 Å². The van der Waals surface area contributed by atoms with E-state index in [1.54, 1.807) is 67.5 Å². The van der Waals surface area contributed by atoms with Crippen LogP contribution in [0.5, 0.6) is 23.0 Å². The maximum absolute atomic E-state index is 14.8. The van der Waals surface area contributed by atoms with Gasteiger partial charge in [0.05, 0.1) is 64.5 Å². The second kappa shape index (κ2) is 31.7. The SMILES string of the molecule is Cc1nc2ccc(OCC=O)cc2c2c1O[C@]1(CC2)C[C@H]2C(=O)N[C@]3(C(=O)NS(=O)(=O)C4(C)CC4)C[C@H]3/C=C\CCCCC[C@H](CC(=O)OC(C)(C)C)C(=O)N2C1.Cc1nc2ccc(OCCO)cc2c2c1O[C@]1(CC2)C[C@H]2C(=O)N[C@]3(C(=O)NS(=O)(=O)C4(C)CC4)C[C@H]3/C=C\CCCCC[C@H](CC(=O)OC(C)(C)C)C(=O)N2C1. The van der Waals surface area contributed by atoms with Gasteiger partial charge in [-0.2, -0.15) is 0 Å². The summed E-state index contributed by atoms with van der Waals surface area (Å²) in [6.07, 6.45) is 19.2. The Morgan fingerprint density at radius 1 is 0.596 bits per heavy atom. The van der Waals surface area contributed by atoms with Gasteiger partial charge in [-0.05, 0) is 208 Å². The lowest BCUT2D eigenvalue weighted by Gasteiger charge is -2.36. The second-order valence-electron chi connectivity index (χ2n) is 35.8. The summed E-state index contributed by atoms with van der Waals surface area (Å²) in [5, 5.41) is 16.9. The number of aromatic nitrogens is 2. The number of amides is 6. The van der Waals surface area contributed by atoms with Crippen molar-refractivity contribution in [2.45, 2.75) is 278 Å². The highest BCUT2D eigenvalue weighted by Crippen LogP contribution is 2.53. The molecule has 28 nitrogen and oxygen atoms in total. The van der Waals surface area contributed by atoms with Crippen LogP contribution in [0.3, 0.4) is 0 Å². The van der Waals surface area contributed by atoms with Crippen LogP contribution in [0.1, 0.15) is 219 Å². The van der Waals surface area contributed by atoms with Crippen LogP contribution in [-0.2, 0) is 85.5 Å². The predicted molar refractivity (Wildman–Crippen MR) is 420 cm³/mol. The van der Waals surface area contributed by atoms with E-state index in [9.17, 15) is 65.1 Å². The molecule has 6 amide bonds. The average Bonchev–Trinajstić information content (AvgIpc) is 1.58. The first-order valence-electron chi connectivity index (χ1n) is 40.5. The number of hydrogen-bond donors (Lipinski definition) is 5. The number of aliphatic hydroxyl groups is 1. The third-order valence-corrected chi connectivity index (χ3v) is 28.8. The number of carbonyl (C=O) groups is 9. The minimum Gasteiger partial charge on any atom is -0.491 e. The fourth-order valence-electron chi connectivity index (χ4n) is 17.2. The number of sulfonamides is 2. The van der Waals surface area contributed by atoms with Gasteiger partial charge in [-0.15, -0.1) is 0 Å². The van der Waals surface area contributed by atoms with Crippen molar-refractivity contribution >= 4 is 95.5 Å². The topological polar surface area (TPSA) is 378 Å². The Morgan fingerprint density at radius 2 is 1.01 bits per heavy atom. The van der Waals surface area contributed by atoms with Gasteiger partial charge in [0, 0.05) is 58.4 Å². The summed E-state index contributed by atoms with van der Waals surface area (Å²) in [5.74, 6) is -4.69. The summed E-state index contributed by atoms with van der Waals surface area (Å²) in [7, 11) is -7.99.